The van der Waals surface area contributed by atoms with E-state index < -0.39 is 0 Å². The van der Waals surface area contributed by atoms with Crippen molar-refractivity contribution in [2.75, 3.05) is 26.2 Å². The lowest BCUT2D eigenvalue weighted by molar-refractivity contribution is 0.325. The molecule has 4 heteroatoms. The van der Waals surface area contributed by atoms with Gasteiger partial charge < -0.3 is 16.4 Å². The standard InChI is InChI=1S/C9H20N4/c1-8-3-6-13(7-8)5-2-4-12-9(10)11/h8H,2-7H2,1H3,(H4,10,11,12). The van der Waals surface area contributed by atoms with E-state index in [-0.39, 0.29) is 5.96 Å². The molecule has 0 bridgehead atoms. The van der Waals surface area contributed by atoms with E-state index in [1.54, 1.807) is 0 Å². The second kappa shape index (κ2) is 5.07. The first-order valence-electron chi connectivity index (χ1n) is 4.96. The van der Waals surface area contributed by atoms with Gasteiger partial charge in [0, 0.05) is 13.1 Å². The van der Waals surface area contributed by atoms with Crippen LogP contribution in [0.15, 0.2) is 4.99 Å². The molecule has 0 aromatic rings. The Labute approximate surface area is 80.0 Å². The third-order valence-electron chi connectivity index (χ3n) is 2.43. The predicted molar refractivity (Wildman–Crippen MR) is 55.5 cm³/mol. The van der Waals surface area contributed by atoms with Gasteiger partial charge in [0.05, 0.1) is 0 Å². The fourth-order valence-electron chi connectivity index (χ4n) is 1.73. The minimum absolute atomic E-state index is 0.204. The second-order valence-electron chi connectivity index (χ2n) is 3.85. The van der Waals surface area contributed by atoms with Gasteiger partial charge in [-0.3, -0.25) is 4.99 Å². The summed E-state index contributed by atoms with van der Waals surface area (Å²) in [6.45, 7) is 6.66. The summed E-state index contributed by atoms with van der Waals surface area (Å²) in [6, 6.07) is 0. The summed E-state index contributed by atoms with van der Waals surface area (Å²) in [6.07, 6.45) is 2.40. The molecule has 76 valence electrons. The number of nitrogens with two attached hydrogens (primary N) is 2. The summed E-state index contributed by atoms with van der Waals surface area (Å²) >= 11 is 0. The van der Waals surface area contributed by atoms with Crippen LogP contribution in [0.4, 0.5) is 0 Å². The molecule has 1 heterocycles. The molecule has 1 saturated heterocycles. The number of rotatable bonds is 4. The van der Waals surface area contributed by atoms with Gasteiger partial charge in [-0.05, 0) is 31.8 Å². The van der Waals surface area contributed by atoms with Gasteiger partial charge in [-0.15, -0.1) is 0 Å². The third-order valence-corrected chi connectivity index (χ3v) is 2.43. The molecule has 0 radical (unpaired) electrons. The SMILES string of the molecule is CC1CCN(CCCN=C(N)N)C1. The maximum atomic E-state index is 5.22. The first kappa shape index (κ1) is 10.3. The van der Waals surface area contributed by atoms with Crippen molar-refractivity contribution < 1.29 is 0 Å². The van der Waals surface area contributed by atoms with Crippen molar-refractivity contribution in [2.45, 2.75) is 19.8 Å². The van der Waals surface area contributed by atoms with Gasteiger partial charge >= 0.3 is 0 Å². The molecule has 1 rings (SSSR count). The molecule has 1 unspecified atom stereocenters. The monoisotopic (exact) mass is 184 g/mol. The summed E-state index contributed by atoms with van der Waals surface area (Å²) in [5.41, 5.74) is 10.4. The smallest absolute Gasteiger partial charge is 0.185 e. The summed E-state index contributed by atoms with van der Waals surface area (Å²) in [7, 11) is 0. The van der Waals surface area contributed by atoms with Crippen LogP contribution in [-0.2, 0) is 0 Å². The maximum Gasteiger partial charge on any atom is 0.185 e. The molecule has 0 spiro atoms. The Bertz CT molecular complexity index is 174. The lowest BCUT2D eigenvalue weighted by atomic mass is 10.2. The van der Waals surface area contributed by atoms with E-state index in [2.05, 4.69) is 16.8 Å². The largest absolute Gasteiger partial charge is 0.370 e. The summed E-state index contributed by atoms with van der Waals surface area (Å²) in [5, 5.41) is 0. The van der Waals surface area contributed by atoms with E-state index in [4.69, 9.17) is 11.5 Å². The van der Waals surface area contributed by atoms with Crippen LogP contribution in [0, 0.1) is 5.92 Å². The zero-order valence-electron chi connectivity index (χ0n) is 8.37. The van der Waals surface area contributed by atoms with Crippen LogP contribution in [0.2, 0.25) is 0 Å². The van der Waals surface area contributed by atoms with Crippen LogP contribution in [0.25, 0.3) is 0 Å². The number of hydrogen-bond donors (Lipinski definition) is 2. The molecule has 1 aliphatic heterocycles. The molecule has 0 aromatic heterocycles. The molecule has 0 amide bonds. The van der Waals surface area contributed by atoms with Crippen molar-refractivity contribution >= 4 is 5.96 Å². The van der Waals surface area contributed by atoms with Gasteiger partial charge in [-0.1, -0.05) is 6.92 Å². The minimum Gasteiger partial charge on any atom is -0.370 e. The molecule has 0 aromatic carbocycles. The normalized spacial score (nSPS) is 23.3. The Morgan fingerprint density at radius 3 is 2.85 bits per heavy atom. The molecule has 1 aliphatic rings. The number of likely N-dealkylation sites (tertiary alicyclic amines) is 1. The van der Waals surface area contributed by atoms with Gasteiger partial charge in [0.25, 0.3) is 0 Å². The number of guanidine groups is 1. The highest BCUT2D eigenvalue weighted by Crippen LogP contribution is 2.14. The van der Waals surface area contributed by atoms with Crippen LogP contribution in [0.1, 0.15) is 19.8 Å². The molecular weight excluding hydrogens is 164 g/mol. The fraction of sp³-hybridized carbons (Fsp3) is 0.889. The first-order chi connectivity index (χ1) is 6.18. The fourth-order valence-corrected chi connectivity index (χ4v) is 1.73. The number of aliphatic imine (C=N–C) groups is 1. The molecule has 0 aliphatic carbocycles. The van der Waals surface area contributed by atoms with E-state index in [1.807, 2.05) is 0 Å². The first-order valence-corrected chi connectivity index (χ1v) is 4.96. The Kier molecular flexibility index (Phi) is 4.02. The summed E-state index contributed by atoms with van der Waals surface area (Å²) < 4.78 is 0. The van der Waals surface area contributed by atoms with Crippen LogP contribution in [0.5, 0.6) is 0 Å². The molecule has 13 heavy (non-hydrogen) atoms. The van der Waals surface area contributed by atoms with E-state index in [0.717, 1.165) is 25.4 Å². The van der Waals surface area contributed by atoms with E-state index in [1.165, 1.54) is 19.5 Å². The number of nitrogens with zero attached hydrogens (tertiary/aromatic N) is 2. The van der Waals surface area contributed by atoms with Crippen molar-refractivity contribution in [3.05, 3.63) is 0 Å². The summed E-state index contributed by atoms with van der Waals surface area (Å²) in [4.78, 5) is 6.43. The average molecular weight is 184 g/mol. The van der Waals surface area contributed by atoms with Gasteiger partial charge in [0.1, 0.15) is 0 Å². The lowest BCUT2D eigenvalue weighted by Crippen LogP contribution is -2.25. The zero-order chi connectivity index (χ0) is 9.68. The Hall–Kier alpha value is -0.770. The Balaban J connectivity index is 2.03. The van der Waals surface area contributed by atoms with Crippen LogP contribution in [-0.4, -0.2) is 37.0 Å². The molecule has 1 atom stereocenters. The number of hydrogen-bond acceptors (Lipinski definition) is 2. The van der Waals surface area contributed by atoms with Gasteiger partial charge in [0.2, 0.25) is 0 Å². The maximum absolute atomic E-state index is 5.22. The molecular formula is C9H20N4. The van der Waals surface area contributed by atoms with Gasteiger partial charge in [-0.2, -0.15) is 0 Å². The Morgan fingerprint density at radius 2 is 2.31 bits per heavy atom. The lowest BCUT2D eigenvalue weighted by Gasteiger charge is -2.13. The molecule has 0 saturated carbocycles. The average Bonchev–Trinajstić information content (AvgIpc) is 2.45. The van der Waals surface area contributed by atoms with Crippen molar-refractivity contribution in [3.63, 3.8) is 0 Å². The third kappa shape index (κ3) is 4.12. The van der Waals surface area contributed by atoms with Crippen LogP contribution >= 0.6 is 0 Å². The van der Waals surface area contributed by atoms with Crippen molar-refractivity contribution in [2.24, 2.45) is 22.4 Å². The molecule has 4 nitrogen and oxygen atoms in total. The van der Waals surface area contributed by atoms with Crippen LogP contribution in [0.3, 0.4) is 0 Å². The van der Waals surface area contributed by atoms with Crippen molar-refractivity contribution in [1.29, 1.82) is 0 Å². The van der Waals surface area contributed by atoms with E-state index in [0.29, 0.717) is 0 Å². The molecule has 1 fully saturated rings. The minimum atomic E-state index is 0.204. The highest BCUT2D eigenvalue weighted by Gasteiger charge is 2.17. The van der Waals surface area contributed by atoms with Crippen molar-refractivity contribution in [1.82, 2.24) is 4.90 Å². The van der Waals surface area contributed by atoms with Gasteiger partial charge in [-0.25, -0.2) is 0 Å². The van der Waals surface area contributed by atoms with Crippen LogP contribution < -0.4 is 11.5 Å². The van der Waals surface area contributed by atoms with Gasteiger partial charge in [0.15, 0.2) is 5.96 Å². The summed E-state index contributed by atoms with van der Waals surface area (Å²) in [5.74, 6) is 1.07. The topological polar surface area (TPSA) is 67.6 Å². The Morgan fingerprint density at radius 1 is 1.54 bits per heavy atom. The quantitative estimate of drug-likeness (QED) is 0.367. The second-order valence-corrected chi connectivity index (χ2v) is 3.85. The predicted octanol–water partition coefficient (Wildman–Crippen LogP) is -0.00830. The molecule has 4 N–H and O–H groups in total. The highest BCUT2D eigenvalue weighted by atomic mass is 15.1. The van der Waals surface area contributed by atoms with E-state index in [9.17, 15) is 0 Å². The highest BCUT2D eigenvalue weighted by molar-refractivity contribution is 5.75. The van der Waals surface area contributed by atoms with Crippen molar-refractivity contribution in [3.8, 4) is 0 Å². The zero-order valence-corrected chi connectivity index (χ0v) is 8.37. The van der Waals surface area contributed by atoms with E-state index >= 15 is 0 Å².